The molecule has 0 aliphatic heterocycles. The Morgan fingerprint density at radius 2 is 1.73 bits per heavy atom. The summed E-state index contributed by atoms with van der Waals surface area (Å²) in [5.74, 6) is -1.26. The lowest BCUT2D eigenvalue weighted by Gasteiger charge is -2.42. The molecule has 5 N–H and O–H groups in total. The molecule has 0 fully saturated rings. The van der Waals surface area contributed by atoms with Crippen molar-refractivity contribution in [3.8, 4) is 0 Å². The molecule has 0 bridgehead atoms. The number of hydrogen-bond acceptors (Lipinski definition) is 5. The number of nitrogens with two attached hydrogens (primary N) is 1. The highest BCUT2D eigenvalue weighted by Gasteiger charge is 2.48. The Labute approximate surface area is 258 Å². The zero-order valence-corrected chi connectivity index (χ0v) is 26.6. The molecule has 2 aromatic rings. The van der Waals surface area contributed by atoms with Crippen LogP contribution in [0.25, 0.3) is 0 Å². The van der Waals surface area contributed by atoms with Crippen LogP contribution >= 0.6 is 22.6 Å². The minimum atomic E-state index is -1.27. The van der Waals surface area contributed by atoms with E-state index < -0.39 is 23.3 Å². The van der Waals surface area contributed by atoms with Crippen molar-refractivity contribution in [2.75, 3.05) is 19.6 Å². The summed E-state index contributed by atoms with van der Waals surface area (Å²) >= 11 is 2.27. The first-order valence-corrected chi connectivity index (χ1v) is 15.5. The van der Waals surface area contributed by atoms with Gasteiger partial charge in [-0.1, -0.05) is 68.0 Å². The van der Waals surface area contributed by atoms with Crippen LogP contribution in [-0.4, -0.2) is 52.7 Å². The molecule has 1 aliphatic rings. The summed E-state index contributed by atoms with van der Waals surface area (Å²) in [5.41, 5.74) is 8.97. The van der Waals surface area contributed by atoms with Crippen LogP contribution in [0, 0.1) is 14.9 Å². The minimum absolute atomic E-state index is 0.0842. The average molecular weight is 674 g/mol. The first-order valence-electron chi connectivity index (χ1n) is 14.4. The van der Waals surface area contributed by atoms with Gasteiger partial charge in [0.25, 0.3) is 0 Å². The van der Waals surface area contributed by atoms with Gasteiger partial charge in [-0.25, -0.2) is 0 Å². The largest absolute Gasteiger partial charge is 0.392 e. The van der Waals surface area contributed by atoms with Crippen molar-refractivity contribution in [1.82, 2.24) is 10.2 Å². The molecular formula is C33H44IN3O4. The predicted molar refractivity (Wildman–Crippen MR) is 172 cm³/mol. The second-order valence-electron chi connectivity index (χ2n) is 11.0. The van der Waals surface area contributed by atoms with E-state index in [1.165, 1.54) is 0 Å². The molecule has 0 spiro atoms. The standard InChI is InChI=1S/C33H44IN3O4/c1-4-12-37(13-5-2)31(40)27-14-23(3)18-33(19-27,32(35)41)29(17-24-8-6-10-26(15-24)22-38)30(39)21-36-20-25-9-7-11-28(34)16-25/h6-11,14-16,18,29-30,36,38-39H,4-5,12-13,17,19-22H2,1-3H3,(H2,35,41)/t29-,30+,33?/m1/s1. The zero-order valence-electron chi connectivity index (χ0n) is 24.4. The highest BCUT2D eigenvalue weighted by atomic mass is 127. The van der Waals surface area contributed by atoms with Crippen molar-refractivity contribution in [2.24, 2.45) is 17.1 Å². The third-order valence-corrected chi connectivity index (χ3v) is 8.38. The van der Waals surface area contributed by atoms with E-state index in [4.69, 9.17) is 5.73 Å². The number of nitrogens with zero attached hydrogens (tertiary/aromatic N) is 1. The number of carbonyl (C=O) groups is 2. The third kappa shape index (κ3) is 8.73. The Morgan fingerprint density at radius 3 is 2.37 bits per heavy atom. The molecule has 0 aromatic heterocycles. The molecule has 1 aliphatic carbocycles. The number of hydrogen-bond donors (Lipinski definition) is 4. The molecule has 0 saturated heterocycles. The van der Waals surface area contributed by atoms with Gasteiger partial charge in [0.15, 0.2) is 0 Å². The van der Waals surface area contributed by atoms with Crippen LogP contribution < -0.4 is 11.1 Å². The van der Waals surface area contributed by atoms with Gasteiger partial charge in [-0.05, 0) is 84.0 Å². The highest BCUT2D eigenvalue weighted by molar-refractivity contribution is 14.1. The second-order valence-corrected chi connectivity index (χ2v) is 12.3. The SMILES string of the molecule is CCCN(CCC)C(=O)C1=CC(C)=CC(C(N)=O)([C@H](Cc2cccc(CO)c2)[C@@H](O)CNCc2cccc(I)c2)C1. The quantitative estimate of drug-likeness (QED) is 0.208. The minimum Gasteiger partial charge on any atom is -0.392 e. The smallest absolute Gasteiger partial charge is 0.249 e. The monoisotopic (exact) mass is 673 g/mol. The number of aliphatic hydroxyl groups excluding tert-OH is 2. The van der Waals surface area contributed by atoms with E-state index in [9.17, 15) is 19.8 Å². The number of halogens is 1. The van der Waals surface area contributed by atoms with E-state index in [2.05, 4.69) is 34.0 Å². The number of carbonyl (C=O) groups excluding carboxylic acids is 2. The van der Waals surface area contributed by atoms with E-state index >= 15 is 0 Å². The molecule has 1 unspecified atom stereocenters. The van der Waals surface area contributed by atoms with Crippen LogP contribution in [0.4, 0.5) is 0 Å². The first kappa shape index (κ1) is 33.0. The fraction of sp³-hybridized carbons (Fsp3) is 0.455. The lowest BCUT2D eigenvalue weighted by atomic mass is 9.63. The molecule has 3 atom stereocenters. The Balaban J connectivity index is 1.97. The Bertz CT molecular complexity index is 1250. The Morgan fingerprint density at radius 1 is 1.07 bits per heavy atom. The molecule has 0 radical (unpaired) electrons. The zero-order chi connectivity index (χ0) is 30.0. The van der Waals surface area contributed by atoms with Crippen LogP contribution in [0.15, 0.2) is 71.8 Å². The van der Waals surface area contributed by atoms with Crippen LogP contribution in [0.3, 0.4) is 0 Å². The average Bonchev–Trinajstić information content (AvgIpc) is 2.95. The van der Waals surface area contributed by atoms with E-state index in [0.29, 0.717) is 31.6 Å². The van der Waals surface area contributed by atoms with Crippen molar-refractivity contribution >= 4 is 34.4 Å². The molecule has 8 heteroatoms. The fourth-order valence-corrected chi connectivity index (χ4v) is 6.45. The molecule has 222 valence electrons. The Hall–Kier alpha value is -2.53. The molecule has 41 heavy (non-hydrogen) atoms. The molecule has 0 saturated carbocycles. The number of benzene rings is 2. The summed E-state index contributed by atoms with van der Waals surface area (Å²) in [6, 6.07) is 15.6. The van der Waals surface area contributed by atoms with Crippen molar-refractivity contribution in [3.05, 3.63) is 92.1 Å². The summed E-state index contributed by atoms with van der Waals surface area (Å²) in [7, 11) is 0. The topological polar surface area (TPSA) is 116 Å². The van der Waals surface area contributed by atoms with Gasteiger partial charge >= 0.3 is 0 Å². The number of rotatable bonds is 15. The lowest BCUT2D eigenvalue weighted by Crippen LogP contribution is -2.51. The van der Waals surface area contributed by atoms with Gasteiger partial charge in [0.05, 0.1) is 18.1 Å². The van der Waals surface area contributed by atoms with E-state index in [1.807, 2.05) is 80.3 Å². The molecule has 3 rings (SSSR count). The lowest BCUT2D eigenvalue weighted by molar-refractivity contribution is -0.132. The highest BCUT2D eigenvalue weighted by Crippen LogP contribution is 2.44. The van der Waals surface area contributed by atoms with Crippen LogP contribution in [0.5, 0.6) is 0 Å². The summed E-state index contributed by atoms with van der Waals surface area (Å²) in [4.78, 5) is 29.0. The maximum Gasteiger partial charge on any atom is 0.249 e. The van der Waals surface area contributed by atoms with Crippen LogP contribution in [-0.2, 0) is 29.2 Å². The predicted octanol–water partition coefficient (Wildman–Crippen LogP) is 4.49. The van der Waals surface area contributed by atoms with Gasteiger partial charge in [-0.2, -0.15) is 0 Å². The maximum absolute atomic E-state index is 13.7. The van der Waals surface area contributed by atoms with E-state index in [1.54, 1.807) is 0 Å². The van der Waals surface area contributed by atoms with Gasteiger partial charge in [0.2, 0.25) is 11.8 Å². The summed E-state index contributed by atoms with van der Waals surface area (Å²) in [6.45, 7) is 7.93. The molecule has 2 amide bonds. The molecule has 2 aromatic carbocycles. The van der Waals surface area contributed by atoms with Crippen LogP contribution in [0.1, 0.15) is 56.7 Å². The normalized spacial score (nSPS) is 18.3. The Kier molecular flexibility index (Phi) is 12.6. The van der Waals surface area contributed by atoms with Crippen molar-refractivity contribution in [3.63, 3.8) is 0 Å². The third-order valence-electron chi connectivity index (χ3n) is 7.71. The molecular weight excluding hydrogens is 629 g/mol. The van der Waals surface area contributed by atoms with Gasteiger partial charge < -0.3 is 26.2 Å². The maximum atomic E-state index is 13.7. The second kappa shape index (κ2) is 15.6. The van der Waals surface area contributed by atoms with E-state index in [-0.39, 0.29) is 25.5 Å². The van der Waals surface area contributed by atoms with Gasteiger partial charge in [-0.3, -0.25) is 9.59 Å². The number of primary amides is 1. The fourth-order valence-electron chi connectivity index (χ4n) is 5.84. The summed E-state index contributed by atoms with van der Waals surface area (Å²) < 4.78 is 1.13. The summed E-state index contributed by atoms with van der Waals surface area (Å²) in [6.07, 6.45) is 4.91. The van der Waals surface area contributed by atoms with Crippen molar-refractivity contribution < 1.29 is 19.8 Å². The number of allylic oxidation sites excluding steroid dienone is 2. The number of nitrogens with one attached hydrogen (secondary N) is 1. The number of aliphatic hydroxyl groups is 2. The van der Waals surface area contributed by atoms with Gasteiger partial charge in [0.1, 0.15) is 0 Å². The van der Waals surface area contributed by atoms with Crippen LogP contribution in [0.2, 0.25) is 0 Å². The molecule has 7 nitrogen and oxygen atoms in total. The molecule has 0 heterocycles. The van der Waals surface area contributed by atoms with Crippen molar-refractivity contribution in [1.29, 1.82) is 0 Å². The summed E-state index contributed by atoms with van der Waals surface area (Å²) in [5, 5.41) is 24.8. The number of amides is 2. The van der Waals surface area contributed by atoms with E-state index in [0.717, 1.165) is 38.7 Å². The van der Waals surface area contributed by atoms with Gasteiger partial charge in [0, 0.05) is 41.2 Å². The first-order chi connectivity index (χ1) is 19.6. The van der Waals surface area contributed by atoms with Crippen molar-refractivity contribution in [2.45, 2.75) is 65.7 Å². The van der Waals surface area contributed by atoms with Gasteiger partial charge in [-0.15, -0.1) is 0 Å².